The van der Waals surface area contributed by atoms with Crippen molar-refractivity contribution in [3.05, 3.63) is 4.88 Å². The second-order valence-electron chi connectivity index (χ2n) is 4.01. The lowest BCUT2D eigenvalue weighted by Gasteiger charge is -2.18. The van der Waals surface area contributed by atoms with Gasteiger partial charge in [-0.25, -0.2) is 0 Å². The third-order valence-corrected chi connectivity index (χ3v) is 4.00. The number of rotatable bonds is 6. The van der Waals surface area contributed by atoms with Crippen LogP contribution in [0.1, 0.15) is 36.4 Å². The van der Waals surface area contributed by atoms with Gasteiger partial charge < -0.3 is 15.4 Å². The van der Waals surface area contributed by atoms with E-state index in [2.05, 4.69) is 11.8 Å². The van der Waals surface area contributed by atoms with Crippen LogP contribution in [0, 0.1) is 0 Å². The van der Waals surface area contributed by atoms with E-state index in [1.165, 1.54) is 18.3 Å². The van der Waals surface area contributed by atoms with E-state index >= 15 is 0 Å². The molecule has 0 saturated heterocycles. The van der Waals surface area contributed by atoms with Gasteiger partial charge >= 0.3 is 0 Å². The molecule has 0 fully saturated rings. The number of hydrogen-bond acceptors (Lipinski definition) is 5. The highest BCUT2D eigenvalue weighted by Gasteiger charge is 2.21. The van der Waals surface area contributed by atoms with Gasteiger partial charge in [-0.05, 0) is 6.42 Å². The number of unbranched alkanes of at least 4 members (excludes halogenated alkanes) is 1. The second kappa shape index (κ2) is 5.91. The molecule has 0 unspecified atom stereocenters. The molecule has 1 heterocycles. The van der Waals surface area contributed by atoms with E-state index < -0.39 is 0 Å². The van der Waals surface area contributed by atoms with Crippen molar-refractivity contribution in [1.29, 1.82) is 0 Å². The summed E-state index contributed by atoms with van der Waals surface area (Å²) >= 11 is 1.40. The first kappa shape index (κ1) is 13.8. The molecule has 96 valence electrons. The van der Waals surface area contributed by atoms with Crippen molar-refractivity contribution in [2.45, 2.75) is 26.7 Å². The highest BCUT2D eigenvalue weighted by molar-refractivity contribution is 7.19. The molecule has 5 heteroatoms. The Morgan fingerprint density at radius 2 is 2.18 bits per heavy atom. The second-order valence-corrected chi connectivity index (χ2v) is 5.01. The molecule has 1 rings (SSSR count). The van der Waals surface area contributed by atoms with Crippen LogP contribution in [0.5, 0.6) is 5.75 Å². The van der Waals surface area contributed by atoms with Crippen LogP contribution >= 0.6 is 11.3 Å². The molecule has 0 bridgehead atoms. The quantitative estimate of drug-likeness (QED) is 0.795. The molecule has 0 spiro atoms. The topological polar surface area (TPSA) is 55.6 Å². The molecular weight excluding hydrogens is 236 g/mol. The van der Waals surface area contributed by atoms with Gasteiger partial charge in [-0.2, -0.15) is 0 Å². The SMILES string of the molecule is CCCCN(C)c1sc(C(C)=O)c(N)c1OC. The summed E-state index contributed by atoms with van der Waals surface area (Å²) in [5, 5.41) is 0.934. The van der Waals surface area contributed by atoms with E-state index in [9.17, 15) is 4.79 Å². The van der Waals surface area contributed by atoms with E-state index in [1.807, 2.05) is 7.05 Å². The van der Waals surface area contributed by atoms with E-state index in [1.54, 1.807) is 7.11 Å². The summed E-state index contributed by atoms with van der Waals surface area (Å²) < 4.78 is 5.30. The number of nitrogens with two attached hydrogens (primary N) is 1. The number of hydrogen-bond donors (Lipinski definition) is 1. The van der Waals surface area contributed by atoms with Crippen LogP contribution < -0.4 is 15.4 Å². The number of ketones is 1. The Morgan fingerprint density at radius 3 is 2.65 bits per heavy atom. The molecule has 0 saturated carbocycles. The predicted molar refractivity (Wildman–Crippen MR) is 73.5 cm³/mol. The summed E-state index contributed by atoms with van der Waals surface area (Å²) in [5.74, 6) is 0.611. The van der Waals surface area contributed by atoms with Gasteiger partial charge in [0.2, 0.25) is 0 Å². The van der Waals surface area contributed by atoms with Crippen molar-refractivity contribution in [2.75, 3.05) is 31.3 Å². The monoisotopic (exact) mass is 256 g/mol. The zero-order chi connectivity index (χ0) is 13.0. The van der Waals surface area contributed by atoms with Gasteiger partial charge in [-0.3, -0.25) is 4.79 Å². The van der Waals surface area contributed by atoms with Crippen LogP contribution in [0.15, 0.2) is 0 Å². The first-order valence-electron chi connectivity index (χ1n) is 5.71. The number of ether oxygens (including phenoxy) is 1. The van der Waals surface area contributed by atoms with Crippen LogP contribution in [0.25, 0.3) is 0 Å². The summed E-state index contributed by atoms with van der Waals surface area (Å²) in [6, 6.07) is 0. The molecule has 0 radical (unpaired) electrons. The molecule has 0 amide bonds. The molecular formula is C12H20N2O2S. The molecule has 2 N–H and O–H groups in total. The lowest BCUT2D eigenvalue weighted by atomic mass is 10.3. The largest absolute Gasteiger partial charge is 0.492 e. The third kappa shape index (κ3) is 2.91. The Balaban J connectivity index is 3.06. The summed E-state index contributed by atoms with van der Waals surface area (Å²) in [7, 11) is 3.58. The number of Topliss-reactive ketones (excluding diaryl/α,β-unsaturated/α-hetero) is 1. The number of nitrogens with zero attached hydrogens (tertiary/aromatic N) is 1. The van der Waals surface area contributed by atoms with Crippen molar-refractivity contribution in [3.8, 4) is 5.75 Å². The minimum atomic E-state index is -0.0130. The lowest BCUT2D eigenvalue weighted by Crippen LogP contribution is -2.17. The van der Waals surface area contributed by atoms with Gasteiger partial charge in [0.05, 0.1) is 17.7 Å². The van der Waals surface area contributed by atoms with Crippen molar-refractivity contribution in [1.82, 2.24) is 0 Å². The average molecular weight is 256 g/mol. The minimum Gasteiger partial charge on any atom is -0.492 e. The normalized spacial score (nSPS) is 10.4. The maximum Gasteiger partial charge on any atom is 0.177 e. The summed E-state index contributed by atoms with van der Waals surface area (Å²) in [5.41, 5.74) is 6.38. The third-order valence-electron chi connectivity index (χ3n) is 2.60. The Kier molecular flexibility index (Phi) is 4.81. The van der Waals surface area contributed by atoms with Crippen molar-refractivity contribution >= 4 is 27.8 Å². The van der Waals surface area contributed by atoms with Crippen molar-refractivity contribution in [2.24, 2.45) is 0 Å². The van der Waals surface area contributed by atoms with Crippen LogP contribution in [-0.2, 0) is 0 Å². The van der Waals surface area contributed by atoms with Gasteiger partial charge in [-0.15, -0.1) is 11.3 Å². The maximum absolute atomic E-state index is 11.4. The molecule has 0 atom stereocenters. The number of thiophene rings is 1. The highest BCUT2D eigenvalue weighted by Crippen LogP contribution is 2.44. The number of carbonyl (C=O) groups is 1. The molecule has 1 aromatic rings. The predicted octanol–water partition coefficient (Wildman–Crippen LogP) is 2.78. The van der Waals surface area contributed by atoms with Crippen LogP contribution in [-0.4, -0.2) is 26.5 Å². The number of nitrogen functional groups attached to an aromatic ring is 1. The zero-order valence-electron chi connectivity index (χ0n) is 10.9. The average Bonchev–Trinajstić information content (AvgIpc) is 2.63. The fourth-order valence-corrected chi connectivity index (χ4v) is 2.70. The first-order valence-corrected chi connectivity index (χ1v) is 6.52. The van der Waals surface area contributed by atoms with E-state index in [4.69, 9.17) is 10.5 Å². The zero-order valence-corrected chi connectivity index (χ0v) is 11.7. The molecule has 0 aliphatic rings. The summed E-state index contributed by atoms with van der Waals surface area (Å²) in [6.45, 7) is 4.61. The fourth-order valence-electron chi connectivity index (χ4n) is 1.62. The molecule has 1 aromatic heterocycles. The molecule has 0 aliphatic carbocycles. The van der Waals surface area contributed by atoms with Gasteiger partial charge in [0.15, 0.2) is 11.5 Å². The van der Waals surface area contributed by atoms with Gasteiger partial charge in [0.1, 0.15) is 5.00 Å². The Morgan fingerprint density at radius 1 is 1.53 bits per heavy atom. The van der Waals surface area contributed by atoms with Crippen molar-refractivity contribution < 1.29 is 9.53 Å². The number of methoxy groups -OCH3 is 1. The number of carbonyl (C=O) groups excluding carboxylic acids is 1. The lowest BCUT2D eigenvalue weighted by molar-refractivity contribution is 0.102. The molecule has 0 aromatic carbocycles. The molecule has 0 aliphatic heterocycles. The van der Waals surface area contributed by atoms with Gasteiger partial charge in [0, 0.05) is 20.5 Å². The van der Waals surface area contributed by atoms with Crippen LogP contribution in [0.2, 0.25) is 0 Å². The van der Waals surface area contributed by atoms with E-state index in [0.29, 0.717) is 16.3 Å². The molecule has 17 heavy (non-hydrogen) atoms. The number of anilines is 2. The van der Waals surface area contributed by atoms with Crippen LogP contribution in [0.4, 0.5) is 10.7 Å². The first-order chi connectivity index (χ1) is 8.02. The van der Waals surface area contributed by atoms with E-state index in [0.717, 1.165) is 24.4 Å². The Hall–Kier alpha value is -1.23. The van der Waals surface area contributed by atoms with E-state index in [-0.39, 0.29) is 5.78 Å². The fraction of sp³-hybridized carbons (Fsp3) is 0.583. The minimum absolute atomic E-state index is 0.0130. The Labute approximate surface area is 106 Å². The van der Waals surface area contributed by atoms with Crippen LogP contribution in [0.3, 0.4) is 0 Å². The standard InChI is InChI=1S/C12H20N2O2S/c1-5-6-7-14(3)12-10(16-4)9(13)11(17-12)8(2)15/h5-7,13H2,1-4H3. The maximum atomic E-state index is 11.4. The van der Waals surface area contributed by atoms with Gasteiger partial charge in [-0.1, -0.05) is 13.3 Å². The summed E-state index contributed by atoms with van der Waals surface area (Å²) in [6.07, 6.45) is 2.24. The molecule has 4 nitrogen and oxygen atoms in total. The van der Waals surface area contributed by atoms with Crippen molar-refractivity contribution in [3.63, 3.8) is 0 Å². The Bertz CT molecular complexity index is 401. The summed E-state index contributed by atoms with van der Waals surface area (Å²) in [4.78, 5) is 14.1. The smallest absolute Gasteiger partial charge is 0.177 e. The highest BCUT2D eigenvalue weighted by atomic mass is 32.1. The van der Waals surface area contributed by atoms with Gasteiger partial charge in [0.25, 0.3) is 0 Å².